The first kappa shape index (κ1) is 13.7. The van der Waals surface area contributed by atoms with Gasteiger partial charge < -0.3 is 14.9 Å². The van der Waals surface area contributed by atoms with Crippen molar-refractivity contribution in [1.29, 1.82) is 0 Å². The summed E-state index contributed by atoms with van der Waals surface area (Å²) in [6, 6.07) is -1.02. The Bertz CT molecular complexity index is 340. The molecule has 0 aromatic carbocycles. The summed E-state index contributed by atoms with van der Waals surface area (Å²) in [7, 11) is 0. The summed E-state index contributed by atoms with van der Waals surface area (Å²) in [4.78, 5) is 26.1. The van der Waals surface area contributed by atoms with Crippen molar-refractivity contribution in [3.05, 3.63) is 0 Å². The van der Waals surface area contributed by atoms with Crippen LogP contribution < -0.4 is 0 Å². The number of carboxylic acid groups (broad SMARTS) is 1. The number of amides is 2. The maximum absolute atomic E-state index is 12.1. The minimum Gasteiger partial charge on any atom is -0.480 e. The number of urea groups is 1. The minimum absolute atomic E-state index is 0.214. The van der Waals surface area contributed by atoms with Crippen molar-refractivity contribution in [2.24, 2.45) is 0 Å². The molecule has 1 N–H and O–H groups in total. The largest absolute Gasteiger partial charge is 0.480 e. The molecule has 0 bridgehead atoms. The highest BCUT2D eigenvalue weighted by molar-refractivity contribution is 7.99. The summed E-state index contributed by atoms with van der Waals surface area (Å²) in [6.07, 6.45) is 5.18. The lowest BCUT2D eigenvalue weighted by Gasteiger charge is -2.35. The van der Waals surface area contributed by atoms with Crippen molar-refractivity contribution in [2.45, 2.75) is 13.0 Å². The SMILES string of the molecule is C#CCN(CC)C(=O)N1CCSCC1C(=O)O. The van der Waals surface area contributed by atoms with E-state index in [1.54, 1.807) is 11.8 Å². The van der Waals surface area contributed by atoms with Crippen LogP contribution >= 0.6 is 11.8 Å². The van der Waals surface area contributed by atoms with Crippen molar-refractivity contribution in [3.8, 4) is 12.3 Å². The first-order chi connectivity index (χ1) is 8.11. The molecule has 0 aromatic heterocycles. The predicted octanol–water partition coefficient (Wildman–Crippen LogP) is 0.564. The summed E-state index contributed by atoms with van der Waals surface area (Å²) < 4.78 is 0. The molecule has 0 saturated carbocycles. The van der Waals surface area contributed by atoms with Crippen LogP contribution in [0.2, 0.25) is 0 Å². The number of aliphatic carboxylic acids is 1. The normalized spacial score (nSPS) is 19.5. The van der Waals surface area contributed by atoms with Crippen LogP contribution in [-0.2, 0) is 4.79 Å². The molecule has 1 heterocycles. The van der Waals surface area contributed by atoms with Gasteiger partial charge >= 0.3 is 12.0 Å². The fraction of sp³-hybridized carbons (Fsp3) is 0.636. The fourth-order valence-electron chi connectivity index (χ4n) is 1.64. The van der Waals surface area contributed by atoms with Gasteiger partial charge in [0.25, 0.3) is 0 Å². The summed E-state index contributed by atoms with van der Waals surface area (Å²) in [6.45, 7) is 2.98. The molecule has 1 saturated heterocycles. The van der Waals surface area contributed by atoms with Gasteiger partial charge in [0.2, 0.25) is 0 Å². The molecule has 0 aromatic rings. The van der Waals surface area contributed by atoms with Crippen LogP contribution in [0, 0.1) is 12.3 Å². The molecule has 1 rings (SSSR count). The second kappa shape index (κ2) is 6.40. The second-order valence-electron chi connectivity index (χ2n) is 3.62. The molecule has 1 unspecified atom stereocenters. The van der Waals surface area contributed by atoms with Crippen molar-refractivity contribution in [2.75, 3.05) is 31.1 Å². The average molecular weight is 256 g/mol. The Kier molecular flexibility index (Phi) is 5.16. The Morgan fingerprint density at radius 2 is 2.35 bits per heavy atom. The van der Waals surface area contributed by atoms with Gasteiger partial charge in [-0.2, -0.15) is 11.8 Å². The Morgan fingerprint density at radius 1 is 1.65 bits per heavy atom. The van der Waals surface area contributed by atoms with Gasteiger partial charge in [-0.15, -0.1) is 6.42 Å². The lowest BCUT2D eigenvalue weighted by Crippen LogP contribution is -2.54. The average Bonchev–Trinajstić information content (AvgIpc) is 2.35. The van der Waals surface area contributed by atoms with Crippen LogP contribution in [0.1, 0.15) is 6.92 Å². The zero-order valence-electron chi connectivity index (χ0n) is 9.76. The third-order valence-corrected chi connectivity index (χ3v) is 3.62. The third-order valence-electron chi connectivity index (χ3n) is 2.59. The molecule has 1 aliphatic heterocycles. The number of carbonyl (C=O) groups is 2. The Morgan fingerprint density at radius 3 is 2.88 bits per heavy atom. The van der Waals surface area contributed by atoms with Crippen molar-refractivity contribution >= 4 is 23.8 Å². The molecule has 6 heteroatoms. The number of hydrogen-bond donors (Lipinski definition) is 1. The van der Waals surface area contributed by atoms with E-state index in [4.69, 9.17) is 11.5 Å². The molecular formula is C11H16N2O3S. The molecule has 2 amide bonds. The van der Waals surface area contributed by atoms with E-state index >= 15 is 0 Å². The summed E-state index contributed by atoms with van der Waals surface area (Å²) >= 11 is 1.55. The van der Waals surface area contributed by atoms with Crippen molar-refractivity contribution in [3.63, 3.8) is 0 Å². The second-order valence-corrected chi connectivity index (χ2v) is 4.77. The zero-order chi connectivity index (χ0) is 12.8. The molecule has 1 atom stereocenters. The minimum atomic E-state index is -0.956. The number of terminal acetylenes is 1. The van der Waals surface area contributed by atoms with Gasteiger partial charge in [0.05, 0.1) is 6.54 Å². The third kappa shape index (κ3) is 3.30. The number of thioether (sulfide) groups is 1. The van der Waals surface area contributed by atoms with Gasteiger partial charge in [0, 0.05) is 24.6 Å². The van der Waals surface area contributed by atoms with Gasteiger partial charge in [-0.3, -0.25) is 0 Å². The molecule has 0 spiro atoms. The maximum Gasteiger partial charge on any atom is 0.327 e. The number of carboxylic acids is 1. The number of nitrogens with zero attached hydrogens (tertiary/aromatic N) is 2. The highest BCUT2D eigenvalue weighted by Gasteiger charge is 2.34. The number of hydrogen-bond acceptors (Lipinski definition) is 3. The van der Waals surface area contributed by atoms with Gasteiger partial charge in [-0.25, -0.2) is 9.59 Å². The molecule has 1 fully saturated rings. The fourth-order valence-corrected chi connectivity index (χ4v) is 2.68. The number of rotatable bonds is 3. The molecule has 1 aliphatic rings. The molecular weight excluding hydrogens is 240 g/mol. The lowest BCUT2D eigenvalue weighted by molar-refractivity contribution is -0.141. The maximum atomic E-state index is 12.1. The van der Waals surface area contributed by atoms with Crippen LogP contribution in [0.4, 0.5) is 4.79 Å². The van der Waals surface area contributed by atoms with Crippen LogP contribution in [-0.4, -0.2) is 64.1 Å². The van der Waals surface area contributed by atoms with Crippen LogP contribution in [0.3, 0.4) is 0 Å². The topological polar surface area (TPSA) is 60.9 Å². The Hall–Kier alpha value is -1.35. The monoisotopic (exact) mass is 256 g/mol. The van der Waals surface area contributed by atoms with Gasteiger partial charge in [-0.05, 0) is 6.92 Å². The van der Waals surface area contributed by atoms with Gasteiger partial charge in [0.15, 0.2) is 0 Å². The van der Waals surface area contributed by atoms with Crippen molar-refractivity contribution in [1.82, 2.24) is 9.80 Å². The quantitative estimate of drug-likeness (QED) is 0.750. The molecule has 5 nitrogen and oxygen atoms in total. The smallest absolute Gasteiger partial charge is 0.327 e. The van der Waals surface area contributed by atoms with Gasteiger partial charge in [-0.1, -0.05) is 5.92 Å². The zero-order valence-corrected chi connectivity index (χ0v) is 10.6. The Labute approximate surface area is 105 Å². The molecule has 17 heavy (non-hydrogen) atoms. The summed E-state index contributed by atoms with van der Waals surface area (Å²) in [5, 5.41) is 9.08. The van der Waals surface area contributed by atoms with E-state index in [9.17, 15) is 9.59 Å². The van der Waals surface area contributed by atoms with E-state index in [0.29, 0.717) is 18.8 Å². The van der Waals surface area contributed by atoms with Crippen molar-refractivity contribution < 1.29 is 14.7 Å². The van der Waals surface area contributed by atoms with Gasteiger partial charge in [0.1, 0.15) is 6.04 Å². The predicted molar refractivity (Wildman–Crippen MR) is 66.9 cm³/mol. The standard InChI is InChI=1S/C11H16N2O3S/c1-3-5-12(4-2)11(16)13-6-7-17-8-9(13)10(14)15/h1,9H,4-8H2,2H3,(H,14,15). The van der Waals surface area contributed by atoms with E-state index in [2.05, 4.69) is 5.92 Å². The lowest BCUT2D eigenvalue weighted by atomic mass is 10.3. The first-order valence-electron chi connectivity index (χ1n) is 5.41. The summed E-state index contributed by atoms with van der Waals surface area (Å²) in [5.41, 5.74) is 0. The molecule has 0 aliphatic carbocycles. The first-order valence-corrected chi connectivity index (χ1v) is 6.56. The van der Waals surface area contributed by atoms with Crippen LogP contribution in [0.25, 0.3) is 0 Å². The van der Waals surface area contributed by atoms with E-state index in [1.807, 2.05) is 6.92 Å². The van der Waals surface area contributed by atoms with E-state index in [1.165, 1.54) is 9.80 Å². The van der Waals surface area contributed by atoms with Crippen LogP contribution in [0.15, 0.2) is 0 Å². The highest BCUT2D eigenvalue weighted by atomic mass is 32.2. The Balaban J connectivity index is 2.77. The van der Waals surface area contributed by atoms with E-state index < -0.39 is 12.0 Å². The highest BCUT2D eigenvalue weighted by Crippen LogP contribution is 2.18. The molecule has 0 radical (unpaired) electrons. The van der Waals surface area contributed by atoms with E-state index in [0.717, 1.165) is 5.75 Å². The number of carbonyl (C=O) groups excluding carboxylic acids is 1. The summed E-state index contributed by atoms with van der Waals surface area (Å²) in [5.74, 6) is 2.66. The molecule has 94 valence electrons. The van der Waals surface area contributed by atoms with E-state index in [-0.39, 0.29) is 12.6 Å². The van der Waals surface area contributed by atoms with Crippen LogP contribution in [0.5, 0.6) is 0 Å².